The van der Waals surface area contributed by atoms with Crippen LogP contribution in [0.4, 0.5) is 0 Å². The third-order valence-corrected chi connectivity index (χ3v) is 2.85. The smallest absolute Gasteiger partial charge is 0.159 e. The third kappa shape index (κ3) is 4.01. The average Bonchev–Trinajstić information content (AvgIpc) is 2.52. The van der Waals surface area contributed by atoms with Crippen molar-refractivity contribution in [3.05, 3.63) is 42.2 Å². The van der Waals surface area contributed by atoms with Crippen LogP contribution in [0.2, 0.25) is 0 Å². The predicted molar refractivity (Wildman–Crippen MR) is 77.6 cm³/mol. The molecule has 2 aromatic rings. The summed E-state index contributed by atoms with van der Waals surface area (Å²) >= 11 is 0. The van der Waals surface area contributed by atoms with Crippen molar-refractivity contribution in [3.8, 4) is 17.1 Å². The zero-order valence-electron chi connectivity index (χ0n) is 11.8. The largest absolute Gasteiger partial charge is 0.497 e. The molecule has 1 aromatic carbocycles. The van der Waals surface area contributed by atoms with E-state index in [-0.39, 0.29) is 0 Å². The van der Waals surface area contributed by atoms with Gasteiger partial charge in [-0.25, -0.2) is 9.97 Å². The maximum atomic E-state index is 5.20. The zero-order chi connectivity index (χ0) is 14.2. The van der Waals surface area contributed by atoms with Crippen LogP contribution in [0, 0.1) is 0 Å². The standard InChI is InChI=1S/C15H19N3O2/c1-19-7-6-16-9-12-10-17-15(18-11-12)13-4-3-5-14(8-13)20-2/h3-5,8,10-11,16H,6-7,9H2,1-2H3. The number of benzene rings is 1. The van der Waals surface area contributed by atoms with E-state index in [1.54, 1.807) is 14.2 Å². The number of aromatic nitrogens is 2. The fraction of sp³-hybridized carbons (Fsp3) is 0.333. The number of ether oxygens (including phenoxy) is 2. The van der Waals surface area contributed by atoms with Crippen molar-refractivity contribution in [2.75, 3.05) is 27.4 Å². The van der Waals surface area contributed by atoms with E-state index >= 15 is 0 Å². The minimum Gasteiger partial charge on any atom is -0.497 e. The highest BCUT2D eigenvalue weighted by Gasteiger charge is 2.03. The minimum atomic E-state index is 0.697. The van der Waals surface area contributed by atoms with Crippen LogP contribution in [-0.2, 0) is 11.3 Å². The second kappa shape index (κ2) is 7.57. The number of hydrogen-bond donors (Lipinski definition) is 1. The summed E-state index contributed by atoms with van der Waals surface area (Å²) in [5.74, 6) is 1.50. The van der Waals surface area contributed by atoms with Gasteiger partial charge in [-0.3, -0.25) is 0 Å². The van der Waals surface area contributed by atoms with Gasteiger partial charge in [-0.1, -0.05) is 12.1 Å². The van der Waals surface area contributed by atoms with E-state index in [2.05, 4.69) is 15.3 Å². The monoisotopic (exact) mass is 273 g/mol. The van der Waals surface area contributed by atoms with E-state index in [1.807, 2.05) is 36.7 Å². The Morgan fingerprint density at radius 1 is 1.15 bits per heavy atom. The first-order valence-electron chi connectivity index (χ1n) is 6.48. The van der Waals surface area contributed by atoms with Crippen LogP contribution in [-0.4, -0.2) is 37.3 Å². The highest BCUT2D eigenvalue weighted by atomic mass is 16.5. The van der Waals surface area contributed by atoms with Crippen LogP contribution in [0.25, 0.3) is 11.4 Å². The van der Waals surface area contributed by atoms with Crippen molar-refractivity contribution in [1.82, 2.24) is 15.3 Å². The fourth-order valence-corrected chi connectivity index (χ4v) is 1.76. The summed E-state index contributed by atoms with van der Waals surface area (Å²) in [5.41, 5.74) is 2.00. The molecule has 0 saturated heterocycles. The molecule has 1 N–H and O–H groups in total. The summed E-state index contributed by atoms with van der Waals surface area (Å²) in [6, 6.07) is 7.72. The SMILES string of the molecule is COCCNCc1cnc(-c2cccc(OC)c2)nc1. The lowest BCUT2D eigenvalue weighted by Gasteiger charge is -2.06. The maximum absolute atomic E-state index is 5.20. The molecule has 0 radical (unpaired) electrons. The van der Waals surface area contributed by atoms with Crippen molar-refractivity contribution >= 4 is 0 Å². The van der Waals surface area contributed by atoms with Crippen molar-refractivity contribution in [1.29, 1.82) is 0 Å². The lowest BCUT2D eigenvalue weighted by atomic mass is 10.2. The van der Waals surface area contributed by atoms with Crippen LogP contribution in [0.3, 0.4) is 0 Å². The number of methoxy groups -OCH3 is 2. The Kier molecular flexibility index (Phi) is 5.46. The Morgan fingerprint density at radius 2 is 1.95 bits per heavy atom. The van der Waals surface area contributed by atoms with Gasteiger partial charge in [0.15, 0.2) is 5.82 Å². The topological polar surface area (TPSA) is 56.3 Å². The quantitative estimate of drug-likeness (QED) is 0.781. The molecule has 0 saturated carbocycles. The summed E-state index contributed by atoms with van der Waals surface area (Å²) < 4.78 is 10.2. The van der Waals surface area contributed by atoms with Crippen molar-refractivity contribution in [3.63, 3.8) is 0 Å². The predicted octanol–water partition coefficient (Wildman–Crippen LogP) is 1.89. The molecule has 1 aromatic heterocycles. The van der Waals surface area contributed by atoms with E-state index in [4.69, 9.17) is 9.47 Å². The van der Waals surface area contributed by atoms with Crippen molar-refractivity contribution in [2.45, 2.75) is 6.54 Å². The van der Waals surface area contributed by atoms with E-state index in [0.717, 1.165) is 30.0 Å². The molecule has 0 atom stereocenters. The highest BCUT2D eigenvalue weighted by Crippen LogP contribution is 2.20. The van der Waals surface area contributed by atoms with Gasteiger partial charge < -0.3 is 14.8 Å². The van der Waals surface area contributed by atoms with Crippen molar-refractivity contribution in [2.24, 2.45) is 0 Å². The lowest BCUT2D eigenvalue weighted by Crippen LogP contribution is -2.18. The molecule has 2 rings (SSSR count). The molecular formula is C15H19N3O2. The molecule has 5 heteroatoms. The summed E-state index contributed by atoms with van der Waals surface area (Å²) in [6.45, 7) is 2.25. The second-order valence-electron chi connectivity index (χ2n) is 4.32. The van der Waals surface area contributed by atoms with E-state index < -0.39 is 0 Å². The highest BCUT2D eigenvalue weighted by molar-refractivity contribution is 5.57. The lowest BCUT2D eigenvalue weighted by molar-refractivity contribution is 0.199. The van der Waals surface area contributed by atoms with E-state index in [9.17, 15) is 0 Å². The molecule has 5 nitrogen and oxygen atoms in total. The Labute approximate surface area is 119 Å². The van der Waals surface area contributed by atoms with Crippen LogP contribution in [0.15, 0.2) is 36.7 Å². The minimum absolute atomic E-state index is 0.697. The number of hydrogen-bond acceptors (Lipinski definition) is 5. The second-order valence-corrected chi connectivity index (χ2v) is 4.32. The molecule has 1 heterocycles. The fourth-order valence-electron chi connectivity index (χ4n) is 1.76. The normalized spacial score (nSPS) is 10.5. The Balaban J connectivity index is 2.00. The summed E-state index contributed by atoms with van der Waals surface area (Å²) in [6.07, 6.45) is 3.67. The summed E-state index contributed by atoms with van der Waals surface area (Å²) in [7, 11) is 3.34. The molecule has 0 aliphatic heterocycles. The molecule has 0 aliphatic rings. The van der Waals surface area contributed by atoms with Gasteiger partial charge in [-0.2, -0.15) is 0 Å². The molecular weight excluding hydrogens is 254 g/mol. The first kappa shape index (κ1) is 14.4. The first-order valence-corrected chi connectivity index (χ1v) is 6.48. The van der Waals surface area contributed by atoms with E-state index in [1.165, 1.54) is 0 Å². The van der Waals surface area contributed by atoms with Gasteiger partial charge in [-0.15, -0.1) is 0 Å². The number of nitrogens with zero attached hydrogens (tertiary/aromatic N) is 2. The zero-order valence-corrected chi connectivity index (χ0v) is 11.8. The van der Waals surface area contributed by atoms with Gasteiger partial charge >= 0.3 is 0 Å². The van der Waals surface area contributed by atoms with Crippen LogP contribution < -0.4 is 10.1 Å². The molecule has 0 spiro atoms. The van der Waals surface area contributed by atoms with Gasteiger partial charge in [0, 0.05) is 43.7 Å². The first-order chi connectivity index (χ1) is 9.83. The Morgan fingerprint density at radius 3 is 2.65 bits per heavy atom. The molecule has 0 unspecified atom stereocenters. The maximum Gasteiger partial charge on any atom is 0.159 e. The van der Waals surface area contributed by atoms with Crippen LogP contribution in [0.5, 0.6) is 5.75 Å². The molecule has 0 fully saturated rings. The Hall–Kier alpha value is -1.98. The average molecular weight is 273 g/mol. The molecule has 106 valence electrons. The van der Waals surface area contributed by atoms with E-state index in [0.29, 0.717) is 12.4 Å². The number of rotatable bonds is 7. The molecule has 0 amide bonds. The molecule has 0 bridgehead atoms. The van der Waals surface area contributed by atoms with Gasteiger partial charge in [-0.05, 0) is 12.1 Å². The number of nitrogens with one attached hydrogen (secondary N) is 1. The molecule has 0 aliphatic carbocycles. The van der Waals surface area contributed by atoms with Gasteiger partial charge in [0.2, 0.25) is 0 Å². The van der Waals surface area contributed by atoms with Gasteiger partial charge in [0.25, 0.3) is 0 Å². The van der Waals surface area contributed by atoms with Crippen molar-refractivity contribution < 1.29 is 9.47 Å². The summed E-state index contributed by atoms with van der Waals surface area (Å²) in [5, 5.41) is 3.26. The van der Waals surface area contributed by atoms with Crippen LogP contribution in [0.1, 0.15) is 5.56 Å². The molecule has 20 heavy (non-hydrogen) atoms. The Bertz CT molecular complexity index is 529. The summed E-state index contributed by atoms with van der Waals surface area (Å²) in [4.78, 5) is 8.77. The van der Waals surface area contributed by atoms with Crippen LogP contribution >= 0.6 is 0 Å². The van der Waals surface area contributed by atoms with Gasteiger partial charge in [0.1, 0.15) is 5.75 Å². The van der Waals surface area contributed by atoms with Gasteiger partial charge in [0.05, 0.1) is 13.7 Å². The third-order valence-electron chi connectivity index (χ3n) is 2.85.